The van der Waals surface area contributed by atoms with Crippen molar-refractivity contribution in [1.29, 1.82) is 0 Å². The molecule has 0 aliphatic rings. The Morgan fingerprint density at radius 1 is 0.636 bits per heavy atom. The fourth-order valence-corrected chi connectivity index (χ4v) is 0. The predicted molar refractivity (Wildman–Crippen MR) is 39.5 cm³/mol. The summed E-state index contributed by atoms with van der Waals surface area (Å²) in [5.41, 5.74) is -1.50. The van der Waals surface area contributed by atoms with Crippen molar-refractivity contribution < 1.29 is 29.7 Å². The number of rotatable bonds is 0. The van der Waals surface area contributed by atoms with E-state index in [0.717, 1.165) is 0 Å². The molecule has 2 nitrogen and oxygen atoms in total. The van der Waals surface area contributed by atoms with E-state index in [1.54, 1.807) is 41.5 Å². The first kappa shape index (κ1) is 17.6. The molecule has 0 unspecified atom stereocenters. The van der Waals surface area contributed by atoms with Gasteiger partial charge in [0.1, 0.15) is 0 Å². The maximum absolute atomic E-state index is 10.1. The molecule has 3 heteroatoms. The molecular weight excluding hydrogens is 229 g/mol. The van der Waals surface area contributed by atoms with E-state index >= 15 is 0 Å². The summed E-state index contributed by atoms with van der Waals surface area (Å²) in [4.78, 5) is 0. The third kappa shape index (κ3) is 2610. The molecule has 70 valence electrons. The van der Waals surface area contributed by atoms with Crippen LogP contribution in [-0.4, -0.2) is 11.2 Å². The molecule has 0 aromatic heterocycles. The summed E-state index contributed by atoms with van der Waals surface area (Å²) in [6, 6.07) is 0. The van der Waals surface area contributed by atoms with Gasteiger partial charge in [-0.1, -0.05) is 41.5 Å². The molecule has 0 atom stereocenters. The van der Waals surface area contributed by atoms with Crippen molar-refractivity contribution in [2.45, 2.75) is 52.7 Å². The molecule has 0 spiro atoms. The molecule has 0 aliphatic heterocycles. The topological polar surface area (TPSA) is 46.1 Å². The molecule has 0 saturated carbocycles. The Kier molecular flexibility index (Phi) is 9.75. The van der Waals surface area contributed by atoms with Crippen LogP contribution in [-0.2, 0) is 19.5 Å². The van der Waals surface area contributed by atoms with Crippen LogP contribution in [0.4, 0.5) is 0 Å². The van der Waals surface area contributed by atoms with Crippen LogP contribution >= 0.6 is 0 Å². The summed E-state index contributed by atoms with van der Waals surface area (Å²) >= 11 is 0. The Bertz CT molecular complexity index is 55.1. The number of hydrogen-bond donors (Lipinski definition) is 0. The van der Waals surface area contributed by atoms with Crippen molar-refractivity contribution in [3.8, 4) is 0 Å². The minimum absolute atomic E-state index is 0. The summed E-state index contributed by atoms with van der Waals surface area (Å²) in [5.74, 6) is 0. The zero-order valence-corrected chi connectivity index (χ0v) is 9.91. The standard InChI is InChI=1S/2C4H9O.Ru/c2*1-4(2,3)5;/h2*1-3H3;/q2*-1;+2. The van der Waals surface area contributed by atoms with Gasteiger partial charge < -0.3 is 10.2 Å². The van der Waals surface area contributed by atoms with E-state index in [2.05, 4.69) is 0 Å². The molecule has 0 fully saturated rings. The Morgan fingerprint density at radius 3 is 0.636 bits per heavy atom. The van der Waals surface area contributed by atoms with Gasteiger partial charge in [-0.25, -0.2) is 0 Å². The van der Waals surface area contributed by atoms with Crippen LogP contribution in [0, 0.1) is 0 Å². The Labute approximate surface area is 82.8 Å². The van der Waals surface area contributed by atoms with E-state index in [4.69, 9.17) is 0 Å². The largest absolute Gasteiger partial charge is 2.00 e. The molecule has 0 amide bonds. The molecule has 0 saturated heterocycles. The van der Waals surface area contributed by atoms with Crippen LogP contribution in [0.25, 0.3) is 0 Å². The maximum atomic E-state index is 10.1. The minimum Gasteiger partial charge on any atom is -0.850 e. The first-order valence-electron chi connectivity index (χ1n) is 3.41. The molecular formula is C8H18O2Ru. The predicted octanol–water partition coefficient (Wildman–Crippen LogP) is 0.288. The first-order chi connectivity index (χ1) is 4.00. The second kappa shape index (κ2) is 6.10. The van der Waals surface area contributed by atoms with Crippen LogP contribution in [0.3, 0.4) is 0 Å². The van der Waals surface area contributed by atoms with Gasteiger partial charge in [0.05, 0.1) is 0 Å². The quantitative estimate of drug-likeness (QED) is 0.578. The molecule has 0 aromatic carbocycles. The van der Waals surface area contributed by atoms with Crippen molar-refractivity contribution in [2.24, 2.45) is 0 Å². The molecule has 0 radical (unpaired) electrons. The zero-order chi connectivity index (χ0) is 9.00. The molecule has 0 heterocycles. The Morgan fingerprint density at radius 2 is 0.636 bits per heavy atom. The SMILES string of the molecule is CC(C)(C)[O-].CC(C)(C)[O-].[Ru+2]. The van der Waals surface area contributed by atoms with Crippen LogP contribution < -0.4 is 10.2 Å². The van der Waals surface area contributed by atoms with Crippen molar-refractivity contribution in [3.05, 3.63) is 0 Å². The maximum Gasteiger partial charge on any atom is 2.00 e. The second-order valence-electron chi connectivity index (χ2n) is 4.22. The van der Waals surface area contributed by atoms with E-state index in [1.807, 2.05) is 0 Å². The Balaban J connectivity index is -0.000000107. The fraction of sp³-hybridized carbons (Fsp3) is 1.00. The van der Waals surface area contributed by atoms with Crippen molar-refractivity contribution >= 4 is 0 Å². The Hall–Kier alpha value is 0.543. The van der Waals surface area contributed by atoms with E-state index < -0.39 is 11.2 Å². The van der Waals surface area contributed by atoms with Gasteiger partial charge in [0.25, 0.3) is 0 Å². The van der Waals surface area contributed by atoms with Crippen LogP contribution in [0.15, 0.2) is 0 Å². The van der Waals surface area contributed by atoms with E-state index in [9.17, 15) is 10.2 Å². The van der Waals surface area contributed by atoms with E-state index in [-0.39, 0.29) is 19.5 Å². The summed E-state index contributed by atoms with van der Waals surface area (Å²) < 4.78 is 0. The molecule has 0 aromatic rings. The van der Waals surface area contributed by atoms with Gasteiger partial charge in [-0.2, -0.15) is 0 Å². The normalized spacial score (nSPS) is 10.9. The summed E-state index contributed by atoms with van der Waals surface area (Å²) in [7, 11) is 0. The van der Waals surface area contributed by atoms with Crippen molar-refractivity contribution in [2.75, 3.05) is 0 Å². The van der Waals surface area contributed by atoms with E-state index in [0.29, 0.717) is 0 Å². The van der Waals surface area contributed by atoms with Crippen molar-refractivity contribution in [3.63, 3.8) is 0 Å². The van der Waals surface area contributed by atoms with Crippen LogP contribution in [0.5, 0.6) is 0 Å². The van der Waals surface area contributed by atoms with Gasteiger partial charge in [-0.05, 0) is 0 Å². The summed E-state index contributed by atoms with van der Waals surface area (Å²) in [5, 5.41) is 20.2. The smallest absolute Gasteiger partial charge is 0.850 e. The second-order valence-corrected chi connectivity index (χ2v) is 4.22. The molecule has 0 bridgehead atoms. The summed E-state index contributed by atoms with van der Waals surface area (Å²) in [6.45, 7) is 9.79. The molecule has 11 heavy (non-hydrogen) atoms. The van der Waals surface area contributed by atoms with Gasteiger partial charge in [0.15, 0.2) is 0 Å². The fourth-order valence-electron chi connectivity index (χ4n) is 0. The first-order valence-corrected chi connectivity index (χ1v) is 3.41. The minimum atomic E-state index is -0.750. The third-order valence-electron chi connectivity index (χ3n) is 0. The third-order valence-corrected chi connectivity index (χ3v) is 0. The molecule has 0 aliphatic carbocycles. The molecule has 0 N–H and O–H groups in total. The number of hydrogen-bond acceptors (Lipinski definition) is 2. The van der Waals surface area contributed by atoms with Gasteiger partial charge in [0.2, 0.25) is 0 Å². The monoisotopic (exact) mass is 248 g/mol. The van der Waals surface area contributed by atoms with Crippen LogP contribution in [0.2, 0.25) is 0 Å². The van der Waals surface area contributed by atoms with Gasteiger partial charge in [0, 0.05) is 0 Å². The van der Waals surface area contributed by atoms with Gasteiger partial charge in [-0.15, -0.1) is 11.2 Å². The van der Waals surface area contributed by atoms with Gasteiger partial charge >= 0.3 is 19.5 Å². The average molecular weight is 247 g/mol. The summed E-state index contributed by atoms with van der Waals surface area (Å²) in [6.07, 6.45) is 0. The van der Waals surface area contributed by atoms with Crippen LogP contribution in [0.1, 0.15) is 41.5 Å². The zero-order valence-electron chi connectivity index (χ0n) is 8.17. The van der Waals surface area contributed by atoms with E-state index in [1.165, 1.54) is 0 Å². The van der Waals surface area contributed by atoms with Crippen molar-refractivity contribution in [1.82, 2.24) is 0 Å². The van der Waals surface area contributed by atoms with Gasteiger partial charge in [-0.3, -0.25) is 0 Å². The molecule has 0 rings (SSSR count). The average Bonchev–Trinajstić information content (AvgIpc) is 1.12.